The third-order valence-electron chi connectivity index (χ3n) is 2.53. The SMILES string of the molecule is CN(CC(=O)O)C(=O)Cn1cnc2c(N)ncnc21. The first-order valence-electron chi connectivity index (χ1n) is 5.36. The van der Waals surface area contributed by atoms with Crippen molar-refractivity contribution in [1.29, 1.82) is 0 Å². The number of amides is 1. The van der Waals surface area contributed by atoms with E-state index in [-0.39, 0.29) is 24.8 Å². The summed E-state index contributed by atoms with van der Waals surface area (Å²) in [5.74, 6) is -1.20. The molecule has 0 saturated carbocycles. The molecule has 0 atom stereocenters. The summed E-state index contributed by atoms with van der Waals surface area (Å²) in [4.78, 5) is 35.3. The van der Waals surface area contributed by atoms with Gasteiger partial charge in [-0.05, 0) is 0 Å². The van der Waals surface area contributed by atoms with Gasteiger partial charge >= 0.3 is 5.97 Å². The van der Waals surface area contributed by atoms with Crippen LogP contribution in [0.4, 0.5) is 5.82 Å². The van der Waals surface area contributed by atoms with Crippen molar-refractivity contribution < 1.29 is 14.7 Å². The number of rotatable bonds is 4. The summed E-state index contributed by atoms with van der Waals surface area (Å²) < 4.78 is 1.49. The van der Waals surface area contributed by atoms with Crippen molar-refractivity contribution in [2.45, 2.75) is 6.54 Å². The number of aromatic nitrogens is 4. The summed E-state index contributed by atoms with van der Waals surface area (Å²) in [6.07, 6.45) is 2.70. The number of carboxylic acid groups (broad SMARTS) is 1. The largest absolute Gasteiger partial charge is 0.480 e. The highest BCUT2D eigenvalue weighted by atomic mass is 16.4. The predicted molar refractivity (Wildman–Crippen MR) is 65.0 cm³/mol. The molecule has 2 aromatic rings. The first-order chi connectivity index (χ1) is 8.99. The fraction of sp³-hybridized carbons (Fsp3) is 0.300. The second-order valence-electron chi connectivity index (χ2n) is 3.95. The number of nitrogen functional groups attached to an aromatic ring is 1. The molecule has 2 aromatic heterocycles. The van der Waals surface area contributed by atoms with Gasteiger partial charge in [-0.25, -0.2) is 15.0 Å². The van der Waals surface area contributed by atoms with Gasteiger partial charge in [0.25, 0.3) is 0 Å². The summed E-state index contributed by atoms with van der Waals surface area (Å²) in [7, 11) is 1.42. The molecular weight excluding hydrogens is 252 g/mol. The lowest BCUT2D eigenvalue weighted by atomic mass is 10.4. The van der Waals surface area contributed by atoms with Crippen LogP contribution in [0.1, 0.15) is 0 Å². The summed E-state index contributed by atoms with van der Waals surface area (Å²) in [6.45, 7) is -0.417. The second-order valence-corrected chi connectivity index (χ2v) is 3.95. The lowest BCUT2D eigenvalue weighted by Crippen LogP contribution is -2.34. The highest BCUT2D eigenvalue weighted by molar-refractivity contribution is 5.84. The molecule has 0 spiro atoms. The zero-order chi connectivity index (χ0) is 14.0. The average molecular weight is 264 g/mol. The lowest BCUT2D eigenvalue weighted by Gasteiger charge is -2.14. The number of carbonyl (C=O) groups excluding carboxylic acids is 1. The van der Waals surface area contributed by atoms with E-state index in [1.807, 2.05) is 0 Å². The molecule has 0 radical (unpaired) electrons. The molecule has 0 fully saturated rings. The Hall–Kier alpha value is -2.71. The lowest BCUT2D eigenvalue weighted by molar-refractivity contribution is -0.143. The Labute approximate surface area is 107 Å². The number of carbonyl (C=O) groups is 2. The van der Waals surface area contributed by atoms with E-state index in [1.54, 1.807) is 0 Å². The van der Waals surface area contributed by atoms with Crippen molar-refractivity contribution in [3.63, 3.8) is 0 Å². The number of anilines is 1. The van der Waals surface area contributed by atoms with Gasteiger partial charge in [-0.2, -0.15) is 0 Å². The Balaban J connectivity index is 2.20. The third-order valence-corrected chi connectivity index (χ3v) is 2.53. The van der Waals surface area contributed by atoms with Crippen LogP contribution in [0.3, 0.4) is 0 Å². The molecular formula is C10H12N6O3. The van der Waals surface area contributed by atoms with Crippen molar-refractivity contribution in [1.82, 2.24) is 24.4 Å². The number of nitrogens with two attached hydrogens (primary N) is 1. The fourth-order valence-electron chi connectivity index (χ4n) is 1.57. The van der Waals surface area contributed by atoms with Gasteiger partial charge in [0.2, 0.25) is 5.91 Å². The van der Waals surface area contributed by atoms with Crippen LogP contribution < -0.4 is 5.73 Å². The monoisotopic (exact) mass is 264 g/mol. The summed E-state index contributed by atoms with van der Waals surface area (Å²) in [6, 6.07) is 0. The molecule has 0 aliphatic heterocycles. The second kappa shape index (κ2) is 4.88. The number of likely N-dealkylation sites (N-methyl/N-ethyl adjacent to an activating group) is 1. The minimum atomic E-state index is -1.07. The van der Waals surface area contributed by atoms with E-state index in [4.69, 9.17) is 10.8 Å². The first kappa shape index (κ1) is 12.7. The quantitative estimate of drug-likeness (QED) is 0.721. The van der Waals surface area contributed by atoms with E-state index < -0.39 is 5.97 Å². The minimum absolute atomic E-state index is 0.0588. The van der Waals surface area contributed by atoms with Gasteiger partial charge < -0.3 is 20.3 Å². The number of hydrogen-bond donors (Lipinski definition) is 2. The molecule has 100 valence electrons. The predicted octanol–water partition coefficient (Wildman–Crippen LogP) is -1.05. The van der Waals surface area contributed by atoms with Crippen LogP contribution in [0, 0.1) is 0 Å². The molecule has 0 unspecified atom stereocenters. The molecule has 1 amide bonds. The Morgan fingerprint density at radius 2 is 2.16 bits per heavy atom. The van der Waals surface area contributed by atoms with Crippen LogP contribution >= 0.6 is 0 Å². The topological polar surface area (TPSA) is 127 Å². The summed E-state index contributed by atoms with van der Waals surface area (Å²) >= 11 is 0. The van der Waals surface area contributed by atoms with E-state index in [2.05, 4.69) is 15.0 Å². The van der Waals surface area contributed by atoms with Crippen molar-refractivity contribution >= 4 is 28.9 Å². The zero-order valence-corrected chi connectivity index (χ0v) is 10.1. The van der Waals surface area contributed by atoms with E-state index >= 15 is 0 Å². The zero-order valence-electron chi connectivity index (χ0n) is 10.1. The maximum absolute atomic E-state index is 11.8. The normalized spacial score (nSPS) is 10.6. The number of hydrogen-bond acceptors (Lipinski definition) is 6. The van der Waals surface area contributed by atoms with Gasteiger partial charge in [0, 0.05) is 7.05 Å². The minimum Gasteiger partial charge on any atom is -0.480 e. The van der Waals surface area contributed by atoms with E-state index in [0.29, 0.717) is 11.2 Å². The van der Waals surface area contributed by atoms with Crippen molar-refractivity contribution in [3.8, 4) is 0 Å². The highest BCUT2D eigenvalue weighted by Gasteiger charge is 2.15. The fourth-order valence-corrected chi connectivity index (χ4v) is 1.57. The molecule has 0 aliphatic rings. The molecule has 9 nitrogen and oxygen atoms in total. The smallest absolute Gasteiger partial charge is 0.323 e. The Bertz CT molecular complexity index is 637. The van der Waals surface area contributed by atoms with Gasteiger partial charge in [-0.15, -0.1) is 0 Å². The number of imidazole rings is 1. The number of carboxylic acids is 1. The molecule has 2 rings (SSSR count). The molecule has 9 heteroatoms. The average Bonchev–Trinajstić information content (AvgIpc) is 2.73. The molecule has 0 aromatic carbocycles. The number of fused-ring (bicyclic) bond motifs is 1. The van der Waals surface area contributed by atoms with E-state index in [1.165, 1.54) is 24.3 Å². The van der Waals surface area contributed by atoms with Crippen molar-refractivity contribution in [2.75, 3.05) is 19.3 Å². The van der Waals surface area contributed by atoms with Crippen molar-refractivity contribution in [3.05, 3.63) is 12.7 Å². The number of aliphatic carboxylic acids is 1. The highest BCUT2D eigenvalue weighted by Crippen LogP contribution is 2.13. The Morgan fingerprint density at radius 1 is 1.42 bits per heavy atom. The first-order valence-corrected chi connectivity index (χ1v) is 5.36. The molecule has 0 aliphatic carbocycles. The third kappa shape index (κ3) is 2.59. The van der Waals surface area contributed by atoms with Gasteiger partial charge in [-0.3, -0.25) is 9.59 Å². The Morgan fingerprint density at radius 3 is 2.84 bits per heavy atom. The van der Waals surface area contributed by atoms with Crippen LogP contribution in [-0.4, -0.2) is 55.0 Å². The Kier molecular flexibility index (Phi) is 3.27. The van der Waals surface area contributed by atoms with Gasteiger partial charge in [0.05, 0.1) is 6.33 Å². The number of nitrogens with zero attached hydrogens (tertiary/aromatic N) is 5. The van der Waals surface area contributed by atoms with Gasteiger partial charge in [0.15, 0.2) is 11.5 Å². The van der Waals surface area contributed by atoms with Crippen LogP contribution in [0.15, 0.2) is 12.7 Å². The summed E-state index contributed by atoms with van der Waals surface area (Å²) in [5.41, 5.74) is 6.47. The maximum atomic E-state index is 11.8. The van der Waals surface area contributed by atoms with Crippen LogP contribution in [0.2, 0.25) is 0 Å². The molecule has 0 bridgehead atoms. The molecule has 2 heterocycles. The van der Waals surface area contributed by atoms with Crippen LogP contribution in [-0.2, 0) is 16.1 Å². The van der Waals surface area contributed by atoms with Gasteiger partial charge in [0.1, 0.15) is 24.9 Å². The van der Waals surface area contributed by atoms with Gasteiger partial charge in [-0.1, -0.05) is 0 Å². The summed E-state index contributed by atoms with van der Waals surface area (Å²) in [5, 5.41) is 8.62. The van der Waals surface area contributed by atoms with E-state index in [0.717, 1.165) is 4.90 Å². The standard InChI is InChI=1S/C10H12N6O3/c1-15(3-7(18)19)6(17)2-16-5-14-8-9(11)12-4-13-10(8)16/h4-5H,2-3H2,1H3,(H,18,19)(H2,11,12,13). The maximum Gasteiger partial charge on any atom is 0.323 e. The van der Waals surface area contributed by atoms with E-state index in [9.17, 15) is 9.59 Å². The molecule has 19 heavy (non-hydrogen) atoms. The van der Waals surface area contributed by atoms with Crippen LogP contribution in [0.5, 0.6) is 0 Å². The van der Waals surface area contributed by atoms with Crippen LogP contribution in [0.25, 0.3) is 11.2 Å². The molecule has 0 saturated heterocycles. The van der Waals surface area contributed by atoms with Crippen molar-refractivity contribution in [2.24, 2.45) is 0 Å². The molecule has 3 N–H and O–H groups in total.